The Kier molecular flexibility index (Phi) is 6.77. The molecule has 164 valence electrons. The fourth-order valence-electron chi connectivity index (χ4n) is 4.14. The molecule has 2 aromatic carbocycles. The van der Waals surface area contributed by atoms with Crippen LogP contribution in [0.2, 0.25) is 10.0 Å². The van der Waals surface area contributed by atoms with Crippen molar-refractivity contribution in [1.29, 1.82) is 0 Å². The van der Waals surface area contributed by atoms with Crippen molar-refractivity contribution in [3.8, 4) is 0 Å². The van der Waals surface area contributed by atoms with E-state index in [2.05, 4.69) is 5.16 Å². The molecule has 4 nitrogen and oxygen atoms in total. The molecule has 0 aromatic heterocycles. The van der Waals surface area contributed by atoms with Crippen LogP contribution in [0.5, 0.6) is 0 Å². The Labute approximate surface area is 189 Å². The van der Waals surface area contributed by atoms with Crippen LogP contribution in [0.3, 0.4) is 0 Å². The molecule has 0 spiro atoms. The molecule has 4 rings (SSSR count). The first-order valence-electron chi connectivity index (χ1n) is 10.3. The fourth-order valence-corrected chi connectivity index (χ4v) is 4.44. The molecular formula is C23H22Cl2F2N2O2. The molecule has 0 unspecified atom stereocenters. The average molecular weight is 467 g/mol. The van der Waals surface area contributed by atoms with E-state index in [0.717, 1.165) is 37.3 Å². The molecule has 1 aliphatic heterocycles. The molecule has 0 saturated heterocycles. The lowest BCUT2D eigenvalue weighted by Crippen LogP contribution is -2.40. The summed E-state index contributed by atoms with van der Waals surface area (Å²) in [6.45, 7) is 0.323. The average Bonchev–Trinajstić information content (AvgIpc) is 3.43. The minimum absolute atomic E-state index is 0.0205. The first-order valence-corrected chi connectivity index (χ1v) is 11.1. The summed E-state index contributed by atoms with van der Waals surface area (Å²) >= 11 is 12.1. The first-order chi connectivity index (χ1) is 14.9. The van der Waals surface area contributed by atoms with Crippen molar-refractivity contribution in [2.75, 3.05) is 6.54 Å². The molecular weight excluding hydrogens is 445 g/mol. The topological polar surface area (TPSA) is 41.9 Å². The molecule has 1 saturated carbocycles. The molecule has 1 atom stereocenters. The number of rotatable bonds is 6. The summed E-state index contributed by atoms with van der Waals surface area (Å²) in [5.41, 5.74) is 1.79. The molecule has 2 aromatic rings. The highest BCUT2D eigenvalue weighted by molar-refractivity contribution is 6.42. The van der Waals surface area contributed by atoms with E-state index in [1.54, 1.807) is 17.0 Å². The Morgan fingerprint density at radius 2 is 1.87 bits per heavy atom. The molecule has 1 aliphatic carbocycles. The van der Waals surface area contributed by atoms with Gasteiger partial charge in [-0.2, -0.15) is 0 Å². The summed E-state index contributed by atoms with van der Waals surface area (Å²) in [6.07, 6.45) is 3.81. The third-order valence-corrected chi connectivity index (χ3v) is 6.54. The maximum Gasteiger partial charge on any atom is 0.226 e. The molecule has 2 aliphatic rings. The second kappa shape index (κ2) is 9.53. The van der Waals surface area contributed by atoms with Crippen molar-refractivity contribution in [1.82, 2.24) is 4.90 Å². The summed E-state index contributed by atoms with van der Waals surface area (Å²) < 4.78 is 27.6. The Bertz CT molecular complexity index is 1010. The molecule has 1 heterocycles. The molecule has 1 fully saturated rings. The third kappa shape index (κ3) is 5.18. The molecule has 0 N–H and O–H groups in total. The van der Waals surface area contributed by atoms with Crippen LogP contribution in [0.25, 0.3) is 0 Å². The molecule has 0 radical (unpaired) electrons. The zero-order valence-corrected chi connectivity index (χ0v) is 18.3. The van der Waals surface area contributed by atoms with Crippen molar-refractivity contribution in [3.05, 3.63) is 69.2 Å². The highest BCUT2D eigenvalue weighted by Gasteiger charge is 2.32. The van der Waals surface area contributed by atoms with Gasteiger partial charge < -0.3 is 9.74 Å². The minimum Gasteiger partial charge on any atom is -0.390 e. The van der Waals surface area contributed by atoms with Gasteiger partial charge in [-0.3, -0.25) is 4.79 Å². The first kappa shape index (κ1) is 22.0. The van der Waals surface area contributed by atoms with Gasteiger partial charge in [0.15, 0.2) is 6.10 Å². The summed E-state index contributed by atoms with van der Waals surface area (Å²) in [4.78, 5) is 20.4. The van der Waals surface area contributed by atoms with Crippen LogP contribution in [-0.2, 0) is 16.2 Å². The number of amides is 1. The Morgan fingerprint density at radius 1 is 1.10 bits per heavy atom. The zero-order valence-electron chi connectivity index (χ0n) is 16.8. The highest BCUT2D eigenvalue weighted by Crippen LogP contribution is 2.29. The third-order valence-electron chi connectivity index (χ3n) is 5.80. The second-order valence-corrected chi connectivity index (χ2v) is 8.85. The van der Waals surface area contributed by atoms with Crippen LogP contribution >= 0.6 is 23.2 Å². The van der Waals surface area contributed by atoms with Crippen LogP contribution < -0.4 is 0 Å². The Balaban J connectivity index is 1.48. The number of carbonyl (C=O) groups is 1. The molecule has 31 heavy (non-hydrogen) atoms. The number of halogens is 4. The van der Waals surface area contributed by atoms with E-state index in [-0.39, 0.29) is 36.6 Å². The van der Waals surface area contributed by atoms with E-state index in [1.807, 2.05) is 6.07 Å². The van der Waals surface area contributed by atoms with Gasteiger partial charge in [0.1, 0.15) is 11.6 Å². The summed E-state index contributed by atoms with van der Waals surface area (Å²) in [5.74, 6) is -1.40. The van der Waals surface area contributed by atoms with Gasteiger partial charge in [-0.1, -0.05) is 53.3 Å². The van der Waals surface area contributed by atoms with Gasteiger partial charge in [0.05, 0.1) is 22.3 Å². The summed E-state index contributed by atoms with van der Waals surface area (Å²) in [5, 5.41) is 5.04. The van der Waals surface area contributed by atoms with Gasteiger partial charge in [0, 0.05) is 36.1 Å². The van der Waals surface area contributed by atoms with Crippen molar-refractivity contribution in [2.24, 2.45) is 11.1 Å². The lowest BCUT2D eigenvalue weighted by molar-refractivity contribution is -0.137. The van der Waals surface area contributed by atoms with Crippen molar-refractivity contribution in [2.45, 2.75) is 44.8 Å². The minimum atomic E-state index is -0.663. The van der Waals surface area contributed by atoms with Gasteiger partial charge in [-0.05, 0) is 31.0 Å². The van der Waals surface area contributed by atoms with Crippen LogP contribution in [-0.4, -0.2) is 29.2 Å². The smallest absolute Gasteiger partial charge is 0.226 e. The number of nitrogens with zero attached hydrogens (tertiary/aromatic N) is 2. The SMILES string of the molecule is O=C(C1CCCC1)N(Cc1ccc(F)cc1F)C[C@H]1CC(c2ccc(Cl)c(Cl)c2)=NO1. The summed E-state index contributed by atoms with van der Waals surface area (Å²) in [6, 6.07) is 8.66. The lowest BCUT2D eigenvalue weighted by Gasteiger charge is -2.27. The van der Waals surface area contributed by atoms with Crippen LogP contribution in [0.4, 0.5) is 8.78 Å². The van der Waals surface area contributed by atoms with Gasteiger partial charge in [-0.25, -0.2) is 8.78 Å². The molecule has 1 amide bonds. The Morgan fingerprint density at radius 3 is 2.58 bits per heavy atom. The predicted octanol–water partition coefficient (Wildman–Crippen LogP) is 5.98. The van der Waals surface area contributed by atoms with Crippen LogP contribution in [0.1, 0.15) is 43.2 Å². The maximum atomic E-state index is 14.3. The van der Waals surface area contributed by atoms with E-state index in [1.165, 1.54) is 12.1 Å². The van der Waals surface area contributed by atoms with Crippen molar-refractivity contribution in [3.63, 3.8) is 0 Å². The number of hydrogen-bond acceptors (Lipinski definition) is 3. The molecule has 8 heteroatoms. The van der Waals surface area contributed by atoms with E-state index in [4.69, 9.17) is 28.0 Å². The van der Waals surface area contributed by atoms with E-state index < -0.39 is 11.6 Å². The highest BCUT2D eigenvalue weighted by atomic mass is 35.5. The van der Waals surface area contributed by atoms with E-state index in [9.17, 15) is 13.6 Å². The predicted molar refractivity (Wildman–Crippen MR) is 116 cm³/mol. The van der Waals surface area contributed by atoms with Crippen molar-refractivity contribution < 1.29 is 18.4 Å². The number of hydrogen-bond donors (Lipinski definition) is 0. The van der Waals surface area contributed by atoms with Gasteiger partial charge >= 0.3 is 0 Å². The lowest BCUT2D eigenvalue weighted by atomic mass is 10.0. The van der Waals surface area contributed by atoms with E-state index in [0.29, 0.717) is 22.2 Å². The maximum absolute atomic E-state index is 14.3. The number of carbonyl (C=O) groups excluding carboxylic acids is 1. The van der Waals surface area contributed by atoms with Crippen molar-refractivity contribution >= 4 is 34.8 Å². The quantitative estimate of drug-likeness (QED) is 0.524. The van der Waals surface area contributed by atoms with Crippen LogP contribution in [0, 0.1) is 17.6 Å². The largest absolute Gasteiger partial charge is 0.390 e. The van der Waals surface area contributed by atoms with Gasteiger partial charge in [0.2, 0.25) is 5.91 Å². The second-order valence-electron chi connectivity index (χ2n) is 8.03. The molecule has 0 bridgehead atoms. The normalized spacial score (nSPS) is 18.7. The van der Waals surface area contributed by atoms with Crippen LogP contribution in [0.15, 0.2) is 41.6 Å². The number of benzene rings is 2. The van der Waals surface area contributed by atoms with Gasteiger partial charge in [0.25, 0.3) is 0 Å². The fraction of sp³-hybridized carbons (Fsp3) is 0.391. The van der Waals surface area contributed by atoms with Gasteiger partial charge in [-0.15, -0.1) is 0 Å². The monoisotopic (exact) mass is 466 g/mol. The standard InChI is InChI=1S/C23H22Cl2F2N2O2/c24-19-8-6-15(9-20(19)25)22-11-18(31-28-22)13-29(23(30)14-3-1-2-4-14)12-16-5-7-17(26)10-21(16)27/h5-10,14,18H,1-4,11-13H2/t18-/m1/s1. The summed E-state index contributed by atoms with van der Waals surface area (Å²) in [7, 11) is 0. The van der Waals surface area contributed by atoms with E-state index >= 15 is 0 Å². The zero-order chi connectivity index (χ0) is 22.0. The number of oxime groups is 1. The Hall–Kier alpha value is -2.18.